The van der Waals surface area contributed by atoms with Crippen LogP contribution >= 0.6 is 0 Å². The summed E-state index contributed by atoms with van der Waals surface area (Å²) in [7, 11) is 0. The quantitative estimate of drug-likeness (QED) is 0.652. The molecule has 0 fully saturated rings. The maximum Gasteiger partial charge on any atom is 0.220 e. The second kappa shape index (κ2) is 7.76. The van der Waals surface area contributed by atoms with Crippen LogP contribution in [0.15, 0.2) is 24.3 Å². The SMILES string of the molecule is CC(CCOc1cccc(C(O)CCN)c1)C(N)=O. The van der Waals surface area contributed by atoms with E-state index in [2.05, 4.69) is 0 Å². The van der Waals surface area contributed by atoms with Crippen LogP contribution in [0.25, 0.3) is 0 Å². The molecule has 19 heavy (non-hydrogen) atoms. The molecule has 0 spiro atoms. The molecule has 0 aliphatic heterocycles. The van der Waals surface area contributed by atoms with E-state index >= 15 is 0 Å². The molecule has 0 aliphatic rings. The van der Waals surface area contributed by atoms with Crippen LogP contribution in [0.2, 0.25) is 0 Å². The van der Waals surface area contributed by atoms with Gasteiger partial charge in [-0.2, -0.15) is 0 Å². The monoisotopic (exact) mass is 266 g/mol. The van der Waals surface area contributed by atoms with E-state index < -0.39 is 6.10 Å². The van der Waals surface area contributed by atoms with Gasteiger partial charge in [0.25, 0.3) is 0 Å². The Morgan fingerprint density at radius 2 is 2.16 bits per heavy atom. The standard InChI is InChI=1S/C14H22N2O3/c1-10(14(16)18)6-8-19-12-4-2-3-11(9-12)13(17)5-7-15/h2-4,9-10,13,17H,5-8,15H2,1H3,(H2,16,18). The fourth-order valence-corrected chi connectivity index (χ4v) is 1.63. The van der Waals surface area contributed by atoms with Crippen molar-refractivity contribution in [3.05, 3.63) is 29.8 Å². The molecule has 2 atom stereocenters. The summed E-state index contributed by atoms with van der Waals surface area (Å²) in [6, 6.07) is 7.25. The first-order chi connectivity index (χ1) is 9.04. The van der Waals surface area contributed by atoms with Crippen molar-refractivity contribution in [2.45, 2.75) is 25.9 Å². The number of benzene rings is 1. The van der Waals surface area contributed by atoms with Crippen LogP contribution in [0.1, 0.15) is 31.4 Å². The van der Waals surface area contributed by atoms with Crippen molar-refractivity contribution in [1.29, 1.82) is 0 Å². The van der Waals surface area contributed by atoms with Crippen LogP contribution in [-0.2, 0) is 4.79 Å². The number of aliphatic hydroxyl groups is 1. The lowest BCUT2D eigenvalue weighted by Crippen LogP contribution is -2.22. The van der Waals surface area contributed by atoms with Crippen LogP contribution in [0.3, 0.4) is 0 Å². The Morgan fingerprint density at radius 3 is 2.79 bits per heavy atom. The summed E-state index contributed by atoms with van der Waals surface area (Å²) in [6.45, 7) is 2.62. The van der Waals surface area contributed by atoms with Gasteiger partial charge in [-0.3, -0.25) is 4.79 Å². The molecule has 5 N–H and O–H groups in total. The van der Waals surface area contributed by atoms with E-state index in [-0.39, 0.29) is 11.8 Å². The van der Waals surface area contributed by atoms with E-state index in [4.69, 9.17) is 16.2 Å². The minimum Gasteiger partial charge on any atom is -0.494 e. The molecule has 0 aromatic heterocycles. The number of primary amides is 1. The fraction of sp³-hybridized carbons (Fsp3) is 0.500. The van der Waals surface area contributed by atoms with Gasteiger partial charge in [-0.1, -0.05) is 19.1 Å². The lowest BCUT2D eigenvalue weighted by Gasteiger charge is -2.13. The summed E-state index contributed by atoms with van der Waals surface area (Å²) in [5.41, 5.74) is 11.4. The normalized spacial score (nSPS) is 13.8. The third kappa shape index (κ3) is 5.28. The molecule has 0 bridgehead atoms. The second-order valence-electron chi connectivity index (χ2n) is 4.61. The maximum atomic E-state index is 10.9. The van der Waals surface area contributed by atoms with Crippen LogP contribution < -0.4 is 16.2 Å². The Labute approximate surface area is 113 Å². The van der Waals surface area contributed by atoms with Gasteiger partial charge < -0.3 is 21.3 Å². The fourth-order valence-electron chi connectivity index (χ4n) is 1.63. The second-order valence-corrected chi connectivity index (χ2v) is 4.61. The van der Waals surface area contributed by atoms with Crippen molar-refractivity contribution in [3.63, 3.8) is 0 Å². The molecule has 5 heteroatoms. The van der Waals surface area contributed by atoms with Gasteiger partial charge in [0, 0.05) is 5.92 Å². The molecule has 0 radical (unpaired) electrons. The van der Waals surface area contributed by atoms with E-state index in [1.807, 2.05) is 18.2 Å². The zero-order valence-electron chi connectivity index (χ0n) is 11.2. The van der Waals surface area contributed by atoms with Crippen molar-refractivity contribution >= 4 is 5.91 Å². The van der Waals surface area contributed by atoms with Crippen LogP contribution in [0.4, 0.5) is 0 Å². The lowest BCUT2D eigenvalue weighted by molar-refractivity contribution is -0.121. The van der Waals surface area contributed by atoms with Gasteiger partial charge in [0.1, 0.15) is 5.75 Å². The molecule has 2 unspecified atom stereocenters. The predicted octanol–water partition coefficient (Wildman–Crippen LogP) is 0.959. The molecular formula is C14H22N2O3. The molecule has 1 aromatic carbocycles. The Hall–Kier alpha value is -1.59. The van der Waals surface area contributed by atoms with Crippen molar-refractivity contribution in [2.24, 2.45) is 17.4 Å². The number of ether oxygens (including phenoxy) is 1. The van der Waals surface area contributed by atoms with E-state index in [1.54, 1.807) is 13.0 Å². The highest BCUT2D eigenvalue weighted by Crippen LogP contribution is 2.21. The summed E-state index contributed by atoms with van der Waals surface area (Å²) in [5.74, 6) is 0.145. The molecule has 1 aromatic rings. The van der Waals surface area contributed by atoms with E-state index in [9.17, 15) is 9.90 Å². The first kappa shape index (κ1) is 15.5. The molecule has 0 heterocycles. The summed E-state index contributed by atoms with van der Waals surface area (Å²) in [5, 5.41) is 9.83. The Bertz CT molecular complexity index is 409. The molecule has 0 saturated heterocycles. The van der Waals surface area contributed by atoms with Gasteiger partial charge in [0.05, 0.1) is 12.7 Å². The van der Waals surface area contributed by atoms with Crippen LogP contribution in [0.5, 0.6) is 5.75 Å². The van der Waals surface area contributed by atoms with Gasteiger partial charge in [0.15, 0.2) is 0 Å². The number of amides is 1. The highest BCUT2D eigenvalue weighted by atomic mass is 16.5. The molecule has 0 saturated carbocycles. The highest BCUT2D eigenvalue weighted by Gasteiger charge is 2.10. The van der Waals surface area contributed by atoms with Crippen molar-refractivity contribution < 1.29 is 14.6 Å². The first-order valence-electron chi connectivity index (χ1n) is 6.44. The zero-order valence-corrected chi connectivity index (χ0v) is 11.2. The number of aliphatic hydroxyl groups excluding tert-OH is 1. The largest absolute Gasteiger partial charge is 0.494 e. The third-order valence-electron chi connectivity index (χ3n) is 2.99. The summed E-state index contributed by atoms with van der Waals surface area (Å²) < 4.78 is 5.55. The number of hydrogen-bond acceptors (Lipinski definition) is 4. The lowest BCUT2D eigenvalue weighted by atomic mass is 10.1. The number of carbonyl (C=O) groups excluding carboxylic acids is 1. The molecule has 1 amide bonds. The minimum absolute atomic E-state index is 0.203. The zero-order chi connectivity index (χ0) is 14.3. The van der Waals surface area contributed by atoms with Crippen LogP contribution in [-0.4, -0.2) is 24.2 Å². The summed E-state index contributed by atoms with van der Waals surface area (Å²) >= 11 is 0. The molecule has 5 nitrogen and oxygen atoms in total. The van der Waals surface area contributed by atoms with Crippen molar-refractivity contribution in [1.82, 2.24) is 0 Å². The van der Waals surface area contributed by atoms with Crippen molar-refractivity contribution in [2.75, 3.05) is 13.2 Å². The number of nitrogens with two attached hydrogens (primary N) is 2. The number of hydrogen-bond donors (Lipinski definition) is 3. The Kier molecular flexibility index (Phi) is 6.32. The molecule has 106 valence electrons. The topological polar surface area (TPSA) is 98.6 Å². The van der Waals surface area contributed by atoms with Gasteiger partial charge in [-0.15, -0.1) is 0 Å². The molecule has 0 aliphatic carbocycles. The van der Waals surface area contributed by atoms with Gasteiger partial charge in [-0.25, -0.2) is 0 Å². The van der Waals surface area contributed by atoms with Crippen LogP contribution in [0, 0.1) is 5.92 Å². The summed E-state index contributed by atoms with van der Waals surface area (Å²) in [4.78, 5) is 10.9. The highest BCUT2D eigenvalue weighted by molar-refractivity contribution is 5.76. The number of rotatable bonds is 8. The first-order valence-corrected chi connectivity index (χ1v) is 6.44. The van der Waals surface area contributed by atoms with E-state index in [0.717, 1.165) is 5.56 Å². The van der Waals surface area contributed by atoms with Crippen molar-refractivity contribution in [3.8, 4) is 5.75 Å². The predicted molar refractivity (Wildman–Crippen MR) is 73.5 cm³/mol. The van der Waals surface area contributed by atoms with E-state index in [0.29, 0.717) is 31.7 Å². The average Bonchev–Trinajstić information content (AvgIpc) is 2.39. The number of carbonyl (C=O) groups is 1. The van der Waals surface area contributed by atoms with Gasteiger partial charge >= 0.3 is 0 Å². The molecule has 1 rings (SSSR count). The van der Waals surface area contributed by atoms with Gasteiger partial charge in [0.2, 0.25) is 5.91 Å². The molecular weight excluding hydrogens is 244 g/mol. The van der Waals surface area contributed by atoms with Gasteiger partial charge in [-0.05, 0) is 37.1 Å². The maximum absolute atomic E-state index is 10.9. The Morgan fingerprint density at radius 1 is 1.42 bits per heavy atom. The average molecular weight is 266 g/mol. The summed E-state index contributed by atoms with van der Waals surface area (Å²) in [6.07, 6.45) is 0.519. The third-order valence-corrected chi connectivity index (χ3v) is 2.99. The minimum atomic E-state index is -0.571. The Balaban J connectivity index is 2.50. The van der Waals surface area contributed by atoms with E-state index in [1.165, 1.54) is 0 Å². The smallest absolute Gasteiger partial charge is 0.220 e.